The van der Waals surface area contributed by atoms with Crippen LogP contribution in [0.25, 0.3) is 0 Å². The van der Waals surface area contributed by atoms with Crippen LogP contribution in [0, 0.1) is 12.8 Å². The molecule has 1 unspecified atom stereocenters. The van der Waals surface area contributed by atoms with Gasteiger partial charge in [0, 0.05) is 12.3 Å². The summed E-state index contributed by atoms with van der Waals surface area (Å²) >= 11 is 0. The summed E-state index contributed by atoms with van der Waals surface area (Å²) in [4.78, 5) is 0. The van der Waals surface area contributed by atoms with Crippen molar-refractivity contribution in [3.63, 3.8) is 0 Å². The molecule has 21 heavy (non-hydrogen) atoms. The molecule has 0 saturated heterocycles. The molecule has 1 atom stereocenters. The fourth-order valence-corrected chi connectivity index (χ4v) is 3.36. The van der Waals surface area contributed by atoms with E-state index in [0.717, 1.165) is 13.1 Å². The fourth-order valence-electron chi connectivity index (χ4n) is 2.42. The van der Waals surface area contributed by atoms with Crippen molar-refractivity contribution in [2.75, 3.05) is 24.6 Å². The Balaban J connectivity index is 2.77. The summed E-state index contributed by atoms with van der Waals surface area (Å²) < 4.78 is 23.6. The molecule has 0 aliphatic carbocycles. The second-order valence-electron chi connectivity index (χ2n) is 6.13. The lowest BCUT2D eigenvalue weighted by Gasteiger charge is -2.21. The number of rotatable bonds is 9. The minimum absolute atomic E-state index is 0.229. The highest BCUT2D eigenvalue weighted by Gasteiger charge is 2.17. The number of benzene rings is 1. The zero-order chi connectivity index (χ0) is 15.9. The average Bonchev–Trinajstić information content (AvgIpc) is 2.43. The molecule has 1 aromatic carbocycles. The molecule has 0 radical (unpaired) electrons. The molecule has 0 spiro atoms. The van der Waals surface area contributed by atoms with Crippen LogP contribution in [0.3, 0.4) is 0 Å². The van der Waals surface area contributed by atoms with Crippen LogP contribution in [0.5, 0.6) is 0 Å². The molecule has 0 heterocycles. The van der Waals surface area contributed by atoms with Crippen LogP contribution in [0.4, 0.5) is 0 Å². The SMILES string of the molecule is CCS(=O)(=O)CCC(CNCC(C)C)c1ccccc1C. The van der Waals surface area contributed by atoms with E-state index >= 15 is 0 Å². The number of aryl methyl sites for hydroxylation is 1. The van der Waals surface area contributed by atoms with Crippen LogP contribution in [0.1, 0.15) is 44.2 Å². The lowest BCUT2D eigenvalue weighted by molar-refractivity contribution is 0.506. The Bertz CT molecular complexity index is 523. The van der Waals surface area contributed by atoms with E-state index in [9.17, 15) is 8.42 Å². The summed E-state index contributed by atoms with van der Waals surface area (Å²) in [6, 6.07) is 8.28. The molecule has 4 heteroatoms. The van der Waals surface area contributed by atoms with Gasteiger partial charge in [-0.2, -0.15) is 0 Å². The van der Waals surface area contributed by atoms with E-state index in [-0.39, 0.29) is 17.4 Å². The summed E-state index contributed by atoms with van der Waals surface area (Å²) in [6.07, 6.45) is 0.687. The highest BCUT2D eigenvalue weighted by atomic mass is 32.2. The Kier molecular flexibility index (Phi) is 7.40. The number of nitrogens with one attached hydrogen (secondary N) is 1. The predicted octanol–water partition coefficient (Wildman–Crippen LogP) is 3.15. The van der Waals surface area contributed by atoms with Crippen LogP contribution in [0.15, 0.2) is 24.3 Å². The molecule has 0 aliphatic rings. The van der Waals surface area contributed by atoms with Gasteiger partial charge in [0.2, 0.25) is 0 Å². The third-order valence-electron chi connectivity index (χ3n) is 3.79. The Labute approximate surface area is 130 Å². The van der Waals surface area contributed by atoms with Gasteiger partial charge in [0.1, 0.15) is 9.84 Å². The van der Waals surface area contributed by atoms with Crippen LogP contribution < -0.4 is 5.32 Å². The maximum absolute atomic E-state index is 11.8. The van der Waals surface area contributed by atoms with E-state index in [1.165, 1.54) is 11.1 Å². The Morgan fingerprint density at radius 3 is 2.38 bits per heavy atom. The first-order chi connectivity index (χ1) is 9.85. The molecular formula is C17H29NO2S. The molecule has 0 aliphatic heterocycles. The second-order valence-corrected chi connectivity index (χ2v) is 8.60. The topological polar surface area (TPSA) is 46.2 Å². The first kappa shape index (κ1) is 18.2. The Morgan fingerprint density at radius 2 is 1.81 bits per heavy atom. The standard InChI is InChI=1S/C17H29NO2S/c1-5-21(19,20)11-10-16(13-18-12-14(2)3)17-9-7-6-8-15(17)4/h6-9,14,16,18H,5,10-13H2,1-4H3. The number of hydrogen-bond donors (Lipinski definition) is 1. The van der Waals surface area contributed by atoms with Crippen LogP contribution in [0.2, 0.25) is 0 Å². The quantitative estimate of drug-likeness (QED) is 0.762. The molecule has 0 saturated carbocycles. The van der Waals surface area contributed by atoms with Gasteiger partial charge in [0.15, 0.2) is 0 Å². The summed E-state index contributed by atoms with van der Waals surface area (Å²) in [7, 11) is -2.90. The lowest BCUT2D eigenvalue weighted by atomic mass is 9.92. The number of hydrogen-bond acceptors (Lipinski definition) is 3. The van der Waals surface area contributed by atoms with Crippen molar-refractivity contribution in [2.24, 2.45) is 5.92 Å². The van der Waals surface area contributed by atoms with Crippen molar-refractivity contribution in [2.45, 2.75) is 40.0 Å². The predicted molar refractivity (Wildman–Crippen MR) is 90.6 cm³/mol. The van der Waals surface area contributed by atoms with Crippen molar-refractivity contribution < 1.29 is 8.42 Å². The Morgan fingerprint density at radius 1 is 1.14 bits per heavy atom. The summed E-state index contributed by atoms with van der Waals surface area (Å²) in [6.45, 7) is 9.97. The van der Waals surface area contributed by atoms with Gasteiger partial charge in [-0.05, 0) is 42.9 Å². The van der Waals surface area contributed by atoms with E-state index < -0.39 is 9.84 Å². The molecule has 1 N–H and O–H groups in total. The summed E-state index contributed by atoms with van der Waals surface area (Å²) in [5.41, 5.74) is 2.50. The first-order valence-corrected chi connectivity index (χ1v) is 9.64. The molecule has 0 fully saturated rings. The van der Waals surface area contributed by atoms with Crippen molar-refractivity contribution in [3.05, 3.63) is 35.4 Å². The van der Waals surface area contributed by atoms with E-state index in [1.54, 1.807) is 6.92 Å². The molecule has 1 aromatic rings. The molecule has 1 rings (SSSR count). The summed E-state index contributed by atoms with van der Waals surface area (Å²) in [5.74, 6) is 1.35. The van der Waals surface area contributed by atoms with Crippen molar-refractivity contribution in [1.29, 1.82) is 0 Å². The monoisotopic (exact) mass is 311 g/mol. The summed E-state index contributed by atoms with van der Waals surface area (Å²) in [5, 5.41) is 3.47. The van der Waals surface area contributed by atoms with E-state index in [1.807, 2.05) is 12.1 Å². The normalized spacial score (nSPS) is 13.6. The van der Waals surface area contributed by atoms with Crippen LogP contribution in [-0.4, -0.2) is 33.0 Å². The Hall–Kier alpha value is -0.870. The number of sulfone groups is 1. The zero-order valence-corrected chi connectivity index (χ0v) is 14.5. The highest BCUT2D eigenvalue weighted by Crippen LogP contribution is 2.23. The van der Waals surface area contributed by atoms with Crippen LogP contribution in [-0.2, 0) is 9.84 Å². The van der Waals surface area contributed by atoms with Gasteiger partial charge in [0.25, 0.3) is 0 Å². The molecule has 120 valence electrons. The molecule has 3 nitrogen and oxygen atoms in total. The third-order valence-corrected chi connectivity index (χ3v) is 5.53. The van der Waals surface area contributed by atoms with Crippen molar-refractivity contribution >= 4 is 9.84 Å². The van der Waals surface area contributed by atoms with Gasteiger partial charge >= 0.3 is 0 Å². The van der Waals surface area contributed by atoms with Crippen molar-refractivity contribution in [3.8, 4) is 0 Å². The minimum atomic E-state index is -2.90. The van der Waals surface area contributed by atoms with E-state index in [4.69, 9.17) is 0 Å². The average molecular weight is 311 g/mol. The molecular weight excluding hydrogens is 282 g/mol. The van der Waals surface area contributed by atoms with Gasteiger partial charge in [-0.25, -0.2) is 8.42 Å². The maximum atomic E-state index is 11.8. The van der Waals surface area contributed by atoms with E-state index in [0.29, 0.717) is 12.3 Å². The molecule has 0 aromatic heterocycles. The smallest absolute Gasteiger partial charge is 0.150 e. The highest BCUT2D eigenvalue weighted by molar-refractivity contribution is 7.91. The van der Waals surface area contributed by atoms with Gasteiger partial charge < -0.3 is 5.32 Å². The molecule has 0 bridgehead atoms. The molecule has 0 amide bonds. The second kappa shape index (κ2) is 8.54. The third kappa shape index (κ3) is 6.62. The zero-order valence-electron chi connectivity index (χ0n) is 13.7. The lowest BCUT2D eigenvalue weighted by Crippen LogP contribution is -2.27. The van der Waals surface area contributed by atoms with Gasteiger partial charge in [-0.15, -0.1) is 0 Å². The fraction of sp³-hybridized carbons (Fsp3) is 0.647. The van der Waals surface area contributed by atoms with Gasteiger partial charge in [-0.1, -0.05) is 45.0 Å². The van der Waals surface area contributed by atoms with Crippen LogP contribution >= 0.6 is 0 Å². The van der Waals surface area contributed by atoms with Gasteiger partial charge in [-0.3, -0.25) is 0 Å². The van der Waals surface area contributed by atoms with Gasteiger partial charge in [0.05, 0.1) is 5.75 Å². The largest absolute Gasteiger partial charge is 0.316 e. The minimum Gasteiger partial charge on any atom is -0.316 e. The van der Waals surface area contributed by atoms with E-state index in [2.05, 4.69) is 38.2 Å². The van der Waals surface area contributed by atoms with Crippen molar-refractivity contribution in [1.82, 2.24) is 5.32 Å². The maximum Gasteiger partial charge on any atom is 0.150 e. The first-order valence-electron chi connectivity index (χ1n) is 7.82.